The van der Waals surface area contributed by atoms with Crippen LogP contribution in [0.4, 0.5) is 0 Å². The molecule has 2 bridgehead atoms. The summed E-state index contributed by atoms with van der Waals surface area (Å²) in [6.45, 7) is 1.26. The summed E-state index contributed by atoms with van der Waals surface area (Å²) in [6, 6.07) is 7.60. The number of benzene rings is 1. The molecule has 8 heteroatoms. The van der Waals surface area contributed by atoms with Crippen LogP contribution in [0.1, 0.15) is 43.2 Å². The van der Waals surface area contributed by atoms with Crippen LogP contribution < -0.4 is 4.74 Å². The van der Waals surface area contributed by atoms with Gasteiger partial charge in [0.15, 0.2) is 12.2 Å². The fourth-order valence-corrected chi connectivity index (χ4v) is 5.57. The highest BCUT2D eigenvalue weighted by Crippen LogP contribution is 2.55. The predicted molar refractivity (Wildman–Crippen MR) is 109 cm³/mol. The van der Waals surface area contributed by atoms with E-state index in [1.54, 1.807) is 18.2 Å². The van der Waals surface area contributed by atoms with E-state index in [0.717, 1.165) is 17.7 Å². The van der Waals surface area contributed by atoms with E-state index in [1.807, 2.05) is 0 Å². The van der Waals surface area contributed by atoms with Crippen molar-refractivity contribution in [2.45, 2.75) is 62.2 Å². The van der Waals surface area contributed by atoms with Crippen molar-refractivity contribution < 1.29 is 34.8 Å². The number of nitrogens with zero attached hydrogens (tertiary/aromatic N) is 1. The molecule has 2 unspecified atom stereocenters. The average Bonchev–Trinajstić information content (AvgIpc) is 2.75. The summed E-state index contributed by atoms with van der Waals surface area (Å²) in [6.07, 6.45) is 3.69. The number of aliphatic hydroxyl groups is 2. The summed E-state index contributed by atoms with van der Waals surface area (Å²) in [4.78, 5) is 22.2. The maximum absolute atomic E-state index is 9.77. The lowest BCUT2D eigenvalue weighted by Gasteiger charge is -2.58. The highest BCUT2D eigenvalue weighted by atomic mass is 16.5. The Hall–Kier alpha value is -2.16. The number of aliphatic carboxylic acids is 2. The lowest BCUT2D eigenvalue weighted by atomic mass is 9.52. The van der Waals surface area contributed by atoms with Crippen LogP contribution in [0.15, 0.2) is 18.2 Å². The lowest BCUT2D eigenvalue weighted by Crippen LogP contribution is -2.59. The number of rotatable bonds is 4. The molecule has 2 fully saturated rings. The highest BCUT2D eigenvalue weighted by Gasteiger charge is 2.53. The molecule has 0 amide bonds. The normalized spacial score (nSPS) is 29.3. The average molecular weight is 421 g/mol. The lowest BCUT2D eigenvalue weighted by molar-refractivity contribution is -0.165. The van der Waals surface area contributed by atoms with E-state index in [4.69, 9.17) is 25.2 Å². The second kappa shape index (κ2) is 8.91. The molecule has 1 saturated heterocycles. The van der Waals surface area contributed by atoms with Gasteiger partial charge in [0.1, 0.15) is 5.75 Å². The molecule has 4 N–H and O–H groups in total. The first-order chi connectivity index (χ1) is 14.2. The third-order valence-electron chi connectivity index (χ3n) is 7.13. The number of piperidine rings is 1. The molecule has 1 heterocycles. The van der Waals surface area contributed by atoms with Gasteiger partial charge in [-0.15, -0.1) is 0 Å². The monoisotopic (exact) mass is 421 g/mol. The third-order valence-corrected chi connectivity index (χ3v) is 7.13. The first-order valence-corrected chi connectivity index (χ1v) is 10.4. The number of hydrogen-bond donors (Lipinski definition) is 4. The molecular weight excluding hydrogens is 390 g/mol. The van der Waals surface area contributed by atoms with Crippen molar-refractivity contribution in [1.82, 2.24) is 4.90 Å². The fraction of sp³-hybridized carbons (Fsp3) is 0.636. The summed E-state index contributed by atoms with van der Waals surface area (Å²) < 4.78 is 5.51. The van der Waals surface area contributed by atoms with E-state index in [9.17, 15) is 9.59 Å². The zero-order valence-electron chi connectivity index (χ0n) is 17.5. The summed E-state index contributed by atoms with van der Waals surface area (Å²) in [5.41, 5.74) is 3.67. The number of carboxylic acids is 2. The first kappa shape index (κ1) is 22.5. The Kier molecular flexibility index (Phi) is 6.69. The number of likely N-dealkylation sites (N-methyl/N-ethyl adjacent to an activating group) is 1. The van der Waals surface area contributed by atoms with Gasteiger partial charge >= 0.3 is 11.9 Å². The van der Waals surface area contributed by atoms with Gasteiger partial charge < -0.3 is 30.1 Å². The van der Waals surface area contributed by atoms with Gasteiger partial charge in [0.25, 0.3) is 0 Å². The minimum absolute atomic E-state index is 0.456. The van der Waals surface area contributed by atoms with Gasteiger partial charge in [-0.05, 0) is 68.5 Å². The number of likely N-dealkylation sites (tertiary alicyclic amines) is 1. The summed E-state index contributed by atoms with van der Waals surface area (Å²) in [7, 11) is 4.12. The number of methoxy groups -OCH3 is 1. The molecule has 0 aromatic heterocycles. The second-order valence-electron chi connectivity index (χ2n) is 8.60. The molecule has 166 valence electrons. The fourth-order valence-electron chi connectivity index (χ4n) is 5.57. The van der Waals surface area contributed by atoms with E-state index < -0.39 is 24.1 Å². The predicted octanol–water partition coefficient (Wildman–Crippen LogP) is 1.26. The minimum Gasteiger partial charge on any atom is -0.497 e. The van der Waals surface area contributed by atoms with Crippen LogP contribution in [0.2, 0.25) is 0 Å². The van der Waals surface area contributed by atoms with Crippen molar-refractivity contribution in [2.75, 3.05) is 20.7 Å². The van der Waals surface area contributed by atoms with E-state index in [0.29, 0.717) is 5.41 Å². The van der Waals surface area contributed by atoms with Crippen LogP contribution in [0.5, 0.6) is 5.75 Å². The van der Waals surface area contributed by atoms with Gasteiger partial charge in [0.05, 0.1) is 7.11 Å². The molecule has 1 aromatic rings. The quantitative estimate of drug-likeness (QED) is 0.572. The van der Waals surface area contributed by atoms with Gasteiger partial charge in [-0.2, -0.15) is 0 Å². The summed E-state index contributed by atoms with van der Waals surface area (Å²) in [5.74, 6) is -1.63. The van der Waals surface area contributed by atoms with Crippen molar-refractivity contribution in [2.24, 2.45) is 5.92 Å². The second-order valence-corrected chi connectivity index (χ2v) is 8.60. The van der Waals surface area contributed by atoms with Crippen LogP contribution in [0.25, 0.3) is 0 Å². The molecule has 2 aliphatic carbocycles. The van der Waals surface area contributed by atoms with Gasteiger partial charge in [0, 0.05) is 11.5 Å². The molecule has 0 radical (unpaired) electrons. The molecule has 1 saturated carbocycles. The molecule has 30 heavy (non-hydrogen) atoms. The summed E-state index contributed by atoms with van der Waals surface area (Å²) >= 11 is 0. The van der Waals surface area contributed by atoms with Crippen molar-refractivity contribution in [3.05, 3.63) is 29.3 Å². The van der Waals surface area contributed by atoms with E-state index >= 15 is 0 Å². The molecule has 8 nitrogen and oxygen atoms in total. The van der Waals surface area contributed by atoms with Crippen LogP contribution in [-0.2, 0) is 21.4 Å². The number of fused-ring (bicyclic) bond motifs is 1. The van der Waals surface area contributed by atoms with Gasteiger partial charge in [0.2, 0.25) is 0 Å². The Labute approximate surface area is 176 Å². The molecule has 3 aliphatic rings. The van der Waals surface area contributed by atoms with E-state index in [1.165, 1.54) is 45.1 Å². The van der Waals surface area contributed by atoms with Crippen molar-refractivity contribution in [1.29, 1.82) is 0 Å². The maximum atomic E-state index is 9.77. The van der Waals surface area contributed by atoms with Crippen LogP contribution in [0.3, 0.4) is 0 Å². The molecular formula is C22H31NO7. The summed E-state index contributed by atoms with van der Waals surface area (Å²) in [5, 5.41) is 32.5. The van der Waals surface area contributed by atoms with Crippen LogP contribution in [-0.4, -0.2) is 76.2 Å². The van der Waals surface area contributed by atoms with Crippen LogP contribution >= 0.6 is 0 Å². The number of ether oxygens (including phenoxy) is 1. The highest BCUT2D eigenvalue weighted by molar-refractivity contribution is 5.83. The minimum atomic E-state index is -2.27. The Morgan fingerprint density at radius 1 is 1.13 bits per heavy atom. The largest absolute Gasteiger partial charge is 0.497 e. The number of carbonyl (C=O) groups is 2. The van der Waals surface area contributed by atoms with Gasteiger partial charge in [-0.3, -0.25) is 0 Å². The van der Waals surface area contributed by atoms with Crippen molar-refractivity contribution in [3.8, 4) is 5.75 Å². The number of aliphatic hydroxyl groups excluding tert-OH is 2. The van der Waals surface area contributed by atoms with Crippen LogP contribution in [0, 0.1) is 5.92 Å². The standard InChI is InChI=1S/C18H25NO.C4H6O6/c1-19-10-9-18-8-4-3-5-15(18)17(19)11-13-6-7-14(20-2)12-16(13)18;5-1(3(7)8)2(6)4(9)10/h6-7,12,15,17H,3-5,8-11H2,1-2H3;1-2,5-6H,(H,7,8)(H,9,10)/t15-,17+,18+;/m0./s1. The maximum Gasteiger partial charge on any atom is 0.335 e. The molecule has 0 spiro atoms. The zero-order chi connectivity index (χ0) is 22.1. The van der Waals surface area contributed by atoms with Gasteiger partial charge in [-0.25, -0.2) is 9.59 Å². The van der Waals surface area contributed by atoms with Crippen molar-refractivity contribution >= 4 is 11.9 Å². The Morgan fingerprint density at radius 2 is 1.80 bits per heavy atom. The Bertz CT molecular complexity index is 780. The SMILES string of the molecule is COc1ccc2c(c1)[C@@]13CCCC[C@H]1[C@@H](C2)N(C)CC3.O=C(O)C(O)C(O)C(=O)O. The number of hydrogen-bond acceptors (Lipinski definition) is 6. The smallest absolute Gasteiger partial charge is 0.335 e. The Balaban J connectivity index is 0.000000220. The topological polar surface area (TPSA) is 128 Å². The van der Waals surface area contributed by atoms with Crippen molar-refractivity contribution in [3.63, 3.8) is 0 Å². The molecule has 1 aromatic carbocycles. The Morgan fingerprint density at radius 3 is 2.40 bits per heavy atom. The van der Waals surface area contributed by atoms with E-state index in [2.05, 4.69) is 30.1 Å². The molecule has 5 atom stereocenters. The third kappa shape index (κ3) is 4.04. The first-order valence-electron chi connectivity index (χ1n) is 10.4. The zero-order valence-corrected chi connectivity index (χ0v) is 17.5. The molecule has 1 aliphatic heterocycles. The van der Waals surface area contributed by atoms with Gasteiger partial charge in [-0.1, -0.05) is 18.9 Å². The number of carboxylic acid groups (broad SMARTS) is 2. The van der Waals surface area contributed by atoms with E-state index in [-0.39, 0.29) is 0 Å². The molecule has 4 rings (SSSR count).